The maximum atomic E-state index is 12.4. The van der Waals surface area contributed by atoms with Crippen LogP contribution >= 0.6 is 11.6 Å². The van der Waals surface area contributed by atoms with Gasteiger partial charge in [0.25, 0.3) is 5.69 Å². The van der Waals surface area contributed by atoms with Crippen LogP contribution in [0.1, 0.15) is 12.0 Å². The number of nitro benzene ring substituents is 1. The lowest BCUT2D eigenvalue weighted by Crippen LogP contribution is -2.29. The molecule has 0 bridgehead atoms. The molecule has 0 amide bonds. The van der Waals surface area contributed by atoms with E-state index in [-0.39, 0.29) is 34.3 Å². The molecule has 1 aromatic carbocycles. The van der Waals surface area contributed by atoms with Gasteiger partial charge in [0.2, 0.25) is 10.0 Å². The van der Waals surface area contributed by atoms with E-state index in [1.165, 1.54) is 13.0 Å². The first-order valence-corrected chi connectivity index (χ1v) is 7.68. The van der Waals surface area contributed by atoms with Crippen molar-refractivity contribution in [3.8, 4) is 0 Å². The van der Waals surface area contributed by atoms with Gasteiger partial charge >= 0.3 is 0 Å². The second-order valence-corrected chi connectivity index (χ2v) is 6.96. The van der Waals surface area contributed by atoms with E-state index < -0.39 is 21.1 Å². The van der Waals surface area contributed by atoms with Gasteiger partial charge in [-0.3, -0.25) is 10.1 Å². The van der Waals surface area contributed by atoms with Crippen molar-refractivity contribution in [2.24, 2.45) is 0 Å². The highest BCUT2D eigenvalue weighted by molar-refractivity contribution is 7.89. The Morgan fingerprint density at radius 2 is 2.15 bits per heavy atom. The molecule has 9 heteroatoms. The Morgan fingerprint density at radius 3 is 2.65 bits per heavy atom. The summed E-state index contributed by atoms with van der Waals surface area (Å²) in [5, 5.41) is 20.4. The van der Waals surface area contributed by atoms with Gasteiger partial charge in [-0.15, -0.1) is 0 Å². The highest BCUT2D eigenvalue weighted by Gasteiger charge is 2.33. The summed E-state index contributed by atoms with van der Waals surface area (Å²) in [7, 11) is -3.88. The molecule has 1 fully saturated rings. The lowest BCUT2D eigenvalue weighted by atomic mass is 10.2. The normalized spacial score (nSPS) is 20.2. The minimum absolute atomic E-state index is 0.0123. The van der Waals surface area contributed by atoms with Crippen molar-refractivity contribution in [3.63, 3.8) is 0 Å². The van der Waals surface area contributed by atoms with E-state index in [0.717, 1.165) is 10.4 Å². The first kappa shape index (κ1) is 15.2. The third-order valence-electron chi connectivity index (χ3n) is 3.25. The molecule has 1 heterocycles. The van der Waals surface area contributed by atoms with Gasteiger partial charge in [0.05, 0.1) is 20.9 Å². The molecule has 2 rings (SSSR count). The minimum atomic E-state index is -3.88. The number of nitrogens with zero attached hydrogens (tertiary/aromatic N) is 2. The largest absolute Gasteiger partial charge is 0.392 e. The maximum Gasteiger partial charge on any atom is 0.275 e. The Kier molecular flexibility index (Phi) is 4.01. The Labute approximate surface area is 121 Å². The lowest BCUT2D eigenvalue weighted by molar-refractivity contribution is -0.385. The first-order chi connectivity index (χ1) is 9.23. The van der Waals surface area contributed by atoms with Gasteiger partial charge in [-0.05, 0) is 19.4 Å². The van der Waals surface area contributed by atoms with Crippen LogP contribution in [-0.2, 0) is 10.0 Å². The summed E-state index contributed by atoms with van der Waals surface area (Å²) in [5.41, 5.74) is -0.118. The first-order valence-electron chi connectivity index (χ1n) is 5.86. The second-order valence-electron chi connectivity index (χ2n) is 4.61. The zero-order chi connectivity index (χ0) is 15.1. The van der Waals surface area contributed by atoms with Crippen molar-refractivity contribution >= 4 is 27.3 Å². The van der Waals surface area contributed by atoms with E-state index in [2.05, 4.69) is 0 Å². The smallest absolute Gasteiger partial charge is 0.275 e. The number of aliphatic hydroxyl groups is 1. The molecule has 1 N–H and O–H groups in total. The summed E-state index contributed by atoms with van der Waals surface area (Å²) >= 11 is 5.87. The average Bonchev–Trinajstić information content (AvgIpc) is 2.79. The van der Waals surface area contributed by atoms with Gasteiger partial charge in [-0.2, -0.15) is 4.31 Å². The molecule has 0 saturated carbocycles. The highest BCUT2D eigenvalue weighted by atomic mass is 35.5. The molecule has 1 saturated heterocycles. The number of hydrogen-bond donors (Lipinski definition) is 1. The van der Waals surface area contributed by atoms with E-state index in [1.807, 2.05) is 0 Å². The molecule has 20 heavy (non-hydrogen) atoms. The van der Waals surface area contributed by atoms with E-state index in [0.29, 0.717) is 6.42 Å². The van der Waals surface area contributed by atoms with Gasteiger partial charge in [-0.25, -0.2) is 8.42 Å². The number of rotatable bonds is 3. The number of aliphatic hydroxyl groups excluding tert-OH is 1. The Balaban J connectivity index is 2.50. The molecular formula is C11H13ClN2O5S. The van der Waals surface area contributed by atoms with E-state index in [1.54, 1.807) is 0 Å². The molecule has 0 spiro atoms. The number of hydrogen-bond acceptors (Lipinski definition) is 5. The van der Waals surface area contributed by atoms with Crippen molar-refractivity contribution < 1.29 is 18.4 Å². The summed E-state index contributed by atoms with van der Waals surface area (Å²) < 4.78 is 25.8. The van der Waals surface area contributed by atoms with Crippen LogP contribution in [0.4, 0.5) is 5.69 Å². The molecule has 1 aliphatic heterocycles. The van der Waals surface area contributed by atoms with E-state index in [9.17, 15) is 23.6 Å². The van der Waals surface area contributed by atoms with E-state index >= 15 is 0 Å². The minimum Gasteiger partial charge on any atom is -0.392 e. The number of nitro groups is 1. The van der Waals surface area contributed by atoms with Crippen LogP contribution in [0.25, 0.3) is 0 Å². The molecule has 110 valence electrons. The van der Waals surface area contributed by atoms with E-state index in [4.69, 9.17) is 11.6 Å². The van der Waals surface area contributed by atoms with Crippen LogP contribution in [0, 0.1) is 17.0 Å². The molecule has 1 aromatic rings. The highest BCUT2D eigenvalue weighted by Crippen LogP contribution is 2.31. The van der Waals surface area contributed by atoms with Crippen LogP contribution in [0.5, 0.6) is 0 Å². The maximum absolute atomic E-state index is 12.4. The number of halogens is 1. The van der Waals surface area contributed by atoms with Gasteiger partial charge in [0, 0.05) is 24.7 Å². The molecule has 1 atom stereocenters. The Bertz CT molecular complexity index is 661. The quantitative estimate of drug-likeness (QED) is 0.668. The van der Waals surface area contributed by atoms with Crippen molar-refractivity contribution in [2.45, 2.75) is 24.3 Å². The van der Waals surface area contributed by atoms with Crippen LogP contribution in [0.2, 0.25) is 5.02 Å². The number of β-amino-alcohol motifs (C(OH)–C–C–N with tert-alkyl or cyclic N) is 1. The fraction of sp³-hybridized carbons (Fsp3) is 0.455. The SMILES string of the molecule is Cc1c(Cl)cc(S(=O)(=O)N2CC[C@@H](O)C2)cc1[N+](=O)[O-]. The molecule has 0 radical (unpaired) electrons. The Morgan fingerprint density at radius 1 is 1.50 bits per heavy atom. The van der Waals surface area contributed by atoms with Gasteiger partial charge < -0.3 is 5.11 Å². The van der Waals surface area contributed by atoms with Crippen LogP contribution in [0.3, 0.4) is 0 Å². The second kappa shape index (κ2) is 5.28. The lowest BCUT2D eigenvalue weighted by Gasteiger charge is -2.16. The summed E-state index contributed by atoms with van der Waals surface area (Å²) in [6, 6.07) is 2.20. The number of benzene rings is 1. The monoisotopic (exact) mass is 320 g/mol. The van der Waals surface area contributed by atoms with Gasteiger partial charge in [-0.1, -0.05) is 11.6 Å². The summed E-state index contributed by atoms with van der Waals surface area (Å²) in [6.07, 6.45) is -0.360. The molecule has 0 aliphatic carbocycles. The van der Waals surface area contributed by atoms with Crippen molar-refractivity contribution in [3.05, 3.63) is 32.8 Å². The molecule has 1 aliphatic rings. The van der Waals surface area contributed by atoms with Crippen LogP contribution in [-0.4, -0.2) is 41.9 Å². The summed E-state index contributed by atoms with van der Waals surface area (Å²) in [6.45, 7) is 1.63. The molecule has 0 aromatic heterocycles. The van der Waals surface area contributed by atoms with Crippen LogP contribution < -0.4 is 0 Å². The fourth-order valence-electron chi connectivity index (χ4n) is 2.06. The predicted molar refractivity (Wildman–Crippen MR) is 72.2 cm³/mol. The van der Waals surface area contributed by atoms with Gasteiger partial charge in [0.15, 0.2) is 0 Å². The topological polar surface area (TPSA) is 101 Å². The van der Waals surface area contributed by atoms with Crippen molar-refractivity contribution in [1.82, 2.24) is 4.31 Å². The number of sulfonamides is 1. The molecular weight excluding hydrogens is 308 g/mol. The molecule has 0 unspecified atom stereocenters. The predicted octanol–water partition coefficient (Wildman–Crippen LogP) is 1.31. The third kappa shape index (κ3) is 2.64. The van der Waals surface area contributed by atoms with Crippen molar-refractivity contribution in [1.29, 1.82) is 0 Å². The Hall–Kier alpha value is -1.22. The summed E-state index contributed by atoms with van der Waals surface area (Å²) in [5.74, 6) is 0. The zero-order valence-electron chi connectivity index (χ0n) is 10.6. The third-order valence-corrected chi connectivity index (χ3v) is 5.49. The fourth-order valence-corrected chi connectivity index (χ4v) is 3.88. The molecule has 7 nitrogen and oxygen atoms in total. The van der Waals surface area contributed by atoms with Crippen molar-refractivity contribution in [2.75, 3.05) is 13.1 Å². The summed E-state index contributed by atoms with van der Waals surface area (Å²) in [4.78, 5) is 10.0. The average molecular weight is 321 g/mol. The standard InChI is InChI=1S/C11H13ClN2O5S/c1-7-10(12)4-9(5-11(7)14(16)17)20(18,19)13-3-2-8(15)6-13/h4-5,8,15H,2-3,6H2,1H3/t8-/m1/s1. The van der Waals surface area contributed by atoms with Gasteiger partial charge in [0.1, 0.15) is 0 Å². The van der Waals surface area contributed by atoms with Crippen LogP contribution in [0.15, 0.2) is 17.0 Å². The zero-order valence-corrected chi connectivity index (χ0v) is 12.2.